The maximum atomic E-state index is 5.53. The molecule has 2 heteroatoms. The summed E-state index contributed by atoms with van der Waals surface area (Å²) in [5.41, 5.74) is 10.1. The Kier molecular flexibility index (Phi) is 5.95. The van der Waals surface area contributed by atoms with E-state index in [2.05, 4.69) is 42.7 Å². The Morgan fingerprint density at radius 1 is 1.44 bits per heavy atom. The van der Waals surface area contributed by atoms with E-state index in [1.54, 1.807) is 0 Å². The van der Waals surface area contributed by atoms with Crippen LogP contribution in [0.4, 0.5) is 5.69 Å². The van der Waals surface area contributed by atoms with E-state index in [0.29, 0.717) is 6.54 Å². The zero-order valence-electron chi connectivity index (χ0n) is 11.1. The fraction of sp³-hybridized carbons (Fsp3) is 0.250. The van der Waals surface area contributed by atoms with E-state index in [1.165, 1.54) is 11.1 Å². The van der Waals surface area contributed by atoms with Crippen LogP contribution in [0.5, 0.6) is 0 Å². The molecule has 96 valence electrons. The van der Waals surface area contributed by atoms with Crippen LogP contribution < -0.4 is 11.1 Å². The first-order valence-electron chi connectivity index (χ1n) is 6.17. The second kappa shape index (κ2) is 7.51. The largest absolute Gasteiger partial charge is 0.388 e. The summed E-state index contributed by atoms with van der Waals surface area (Å²) in [5.74, 6) is 0. The molecule has 0 bridgehead atoms. The van der Waals surface area contributed by atoms with Gasteiger partial charge in [-0.1, -0.05) is 37.4 Å². The lowest BCUT2D eigenvalue weighted by molar-refractivity contribution is 0.962. The Hall–Kier alpha value is -1.80. The third-order valence-corrected chi connectivity index (χ3v) is 2.83. The van der Waals surface area contributed by atoms with Crippen molar-refractivity contribution in [3.05, 3.63) is 66.3 Å². The van der Waals surface area contributed by atoms with Gasteiger partial charge in [0, 0.05) is 19.3 Å². The molecule has 1 aromatic carbocycles. The molecular formula is C16H22N2. The lowest BCUT2D eigenvalue weighted by Gasteiger charge is -2.06. The summed E-state index contributed by atoms with van der Waals surface area (Å²) < 4.78 is 0. The van der Waals surface area contributed by atoms with Gasteiger partial charge < -0.3 is 11.1 Å². The molecule has 0 fully saturated rings. The summed E-state index contributed by atoms with van der Waals surface area (Å²) in [6.45, 7) is 8.21. The van der Waals surface area contributed by atoms with Crippen molar-refractivity contribution >= 4 is 5.69 Å². The van der Waals surface area contributed by atoms with Crippen LogP contribution in [0.3, 0.4) is 0 Å². The Labute approximate surface area is 110 Å². The maximum absolute atomic E-state index is 5.53. The van der Waals surface area contributed by atoms with Gasteiger partial charge in [-0.3, -0.25) is 0 Å². The van der Waals surface area contributed by atoms with Crippen molar-refractivity contribution in [2.24, 2.45) is 5.73 Å². The summed E-state index contributed by atoms with van der Waals surface area (Å²) in [6.07, 6.45) is 5.85. The lowest BCUT2D eigenvalue weighted by Crippen LogP contribution is -2.00. The first kappa shape index (κ1) is 14.3. The molecule has 0 spiro atoms. The molecule has 0 amide bonds. The van der Waals surface area contributed by atoms with Crippen LogP contribution in [-0.4, -0.2) is 13.6 Å². The molecule has 0 saturated heterocycles. The number of hydrogen-bond donors (Lipinski definition) is 2. The number of aryl methyl sites for hydroxylation is 1. The number of benzene rings is 1. The van der Waals surface area contributed by atoms with E-state index < -0.39 is 0 Å². The predicted octanol–water partition coefficient (Wildman–Crippen LogP) is 3.29. The topological polar surface area (TPSA) is 38.0 Å². The smallest absolute Gasteiger partial charge is 0.0340 e. The molecule has 1 aromatic rings. The highest BCUT2D eigenvalue weighted by Gasteiger charge is 1.98. The van der Waals surface area contributed by atoms with Gasteiger partial charge in [-0.2, -0.15) is 0 Å². The van der Waals surface area contributed by atoms with Gasteiger partial charge in [-0.25, -0.2) is 0 Å². The van der Waals surface area contributed by atoms with E-state index >= 15 is 0 Å². The molecule has 18 heavy (non-hydrogen) atoms. The van der Waals surface area contributed by atoms with Crippen molar-refractivity contribution in [3.63, 3.8) is 0 Å². The minimum Gasteiger partial charge on any atom is -0.388 e. The van der Waals surface area contributed by atoms with Crippen LogP contribution in [0.2, 0.25) is 0 Å². The molecule has 0 aliphatic carbocycles. The van der Waals surface area contributed by atoms with Crippen LogP contribution in [0.15, 0.2) is 60.7 Å². The molecule has 0 aliphatic rings. The van der Waals surface area contributed by atoms with Gasteiger partial charge in [0.1, 0.15) is 0 Å². The van der Waals surface area contributed by atoms with Crippen molar-refractivity contribution in [3.8, 4) is 0 Å². The molecule has 0 unspecified atom stereocenters. The van der Waals surface area contributed by atoms with Gasteiger partial charge >= 0.3 is 0 Å². The molecule has 0 atom stereocenters. The van der Waals surface area contributed by atoms with Gasteiger partial charge in [-0.15, -0.1) is 0 Å². The fourth-order valence-electron chi connectivity index (χ4n) is 1.73. The quantitative estimate of drug-likeness (QED) is 0.720. The average Bonchev–Trinajstić information content (AvgIpc) is 2.43. The third-order valence-electron chi connectivity index (χ3n) is 2.83. The Morgan fingerprint density at radius 2 is 2.22 bits per heavy atom. The number of nitrogens with two attached hydrogens (primary N) is 1. The molecule has 2 nitrogen and oxygen atoms in total. The van der Waals surface area contributed by atoms with Crippen molar-refractivity contribution in [2.45, 2.75) is 12.8 Å². The highest BCUT2D eigenvalue weighted by molar-refractivity contribution is 5.45. The number of rotatable bonds is 7. The molecule has 0 saturated carbocycles. The first-order chi connectivity index (χ1) is 8.69. The molecule has 0 aromatic heterocycles. The summed E-state index contributed by atoms with van der Waals surface area (Å²) >= 11 is 0. The summed E-state index contributed by atoms with van der Waals surface area (Å²) in [4.78, 5) is 0. The van der Waals surface area contributed by atoms with E-state index in [1.807, 2.05) is 19.2 Å². The molecule has 3 N–H and O–H groups in total. The van der Waals surface area contributed by atoms with E-state index in [0.717, 1.165) is 24.1 Å². The summed E-state index contributed by atoms with van der Waals surface area (Å²) in [7, 11) is 1.93. The highest BCUT2D eigenvalue weighted by Crippen LogP contribution is 2.15. The Balaban J connectivity index is 2.65. The van der Waals surface area contributed by atoms with Gasteiger partial charge in [-0.05, 0) is 41.7 Å². The number of hydrogen-bond acceptors (Lipinski definition) is 2. The van der Waals surface area contributed by atoms with E-state index in [9.17, 15) is 0 Å². The van der Waals surface area contributed by atoms with E-state index in [-0.39, 0.29) is 0 Å². The predicted molar refractivity (Wildman–Crippen MR) is 80.8 cm³/mol. The normalized spacial score (nSPS) is 11.1. The van der Waals surface area contributed by atoms with E-state index in [4.69, 9.17) is 5.73 Å². The second-order valence-electron chi connectivity index (χ2n) is 4.24. The molecule has 1 rings (SSSR count). The highest BCUT2D eigenvalue weighted by atomic mass is 14.8. The van der Waals surface area contributed by atoms with Crippen LogP contribution >= 0.6 is 0 Å². The lowest BCUT2D eigenvalue weighted by atomic mass is 10.0. The molecule has 0 heterocycles. The maximum Gasteiger partial charge on any atom is 0.0340 e. The molecular weight excluding hydrogens is 220 g/mol. The zero-order valence-corrected chi connectivity index (χ0v) is 11.1. The van der Waals surface area contributed by atoms with Gasteiger partial charge in [0.15, 0.2) is 0 Å². The van der Waals surface area contributed by atoms with Crippen LogP contribution in [0, 0.1) is 0 Å². The third kappa shape index (κ3) is 4.60. The number of anilines is 1. The van der Waals surface area contributed by atoms with Crippen LogP contribution in [-0.2, 0) is 6.42 Å². The van der Waals surface area contributed by atoms with Crippen molar-refractivity contribution in [1.29, 1.82) is 0 Å². The fourth-order valence-corrected chi connectivity index (χ4v) is 1.73. The Morgan fingerprint density at radius 3 is 2.83 bits per heavy atom. The van der Waals surface area contributed by atoms with Crippen LogP contribution in [0.1, 0.15) is 12.0 Å². The average molecular weight is 242 g/mol. The first-order valence-corrected chi connectivity index (χ1v) is 6.17. The van der Waals surface area contributed by atoms with Gasteiger partial charge in [0.05, 0.1) is 0 Å². The summed E-state index contributed by atoms with van der Waals surface area (Å²) in [6, 6.07) is 8.43. The SMILES string of the molecule is C=CC(=CC(=C)CN)CCc1cccc(NC)c1. The number of nitrogens with one attached hydrogen (secondary N) is 1. The minimum atomic E-state index is 0.493. The standard InChI is InChI=1S/C16H22N2/c1-4-14(10-13(2)12-17)8-9-15-6-5-7-16(11-15)18-3/h4-7,10-11,18H,1-2,8-9,12,17H2,3H3. The monoisotopic (exact) mass is 242 g/mol. The molecule has 0 aliphatic heterocycles. The summed E-state index contributed by atoms with van der Waals surface area (Å²) in [5, 5.41) is 3.14. The van der Waals surface area contributed by atoms with Crippen LogP contribution in [0.25, 0.3) is 0 Å². The molecule has 0 radical (unpaired) electrons. The van der Waals surface area contributed by atoms with Crippen molar-refractivity contribution in [2.75, 3.05) is 18.9 Å². The zero-order chi connectivity index (χ0) is 13.4. The minimum absolute atomic E-state index is 0.493. The van der Waals surface area contributed by atoms with Gasteiger partial charge in [0.2, 0.25) is 0 Å². The number of allylic oxidation sites excluding steroid dienone is 2. The second-order valence-corrected chi connectivity index (χ2v) is 4.24. The van der Waals surface area contributed by atoms with Crippen molar-refractivity contribution in [1.82, 2.24) is 0 Å². The Bertz CT molecular complexity index is 444. The van der Waals surface area contributed by atoms with Crippen molar-refractivity contribution < 1.29 is 0 Å². The van der Waals surface area contributed by atoms with Gasteiger partial charge in [0.25, 0.3) is 0 Å².